The number of esters is 1. The van der Waals surface area contributed by atoms with Crippen molar-refractivity contribution in [1.82, 2.24) is 0 Å². The SMILES string of the molecule is COc1ccc(Cl)cc1CC(=O)O[C@@H](C)C(=O)Nc1ccccc1C#N. The zero-order valence-corrected chi connectivity index (χ0v) is 15.0. The molecule has 0 spiro atoms. The molecular weight excluding hydrogens is 356 g/mol. The molecule has 0 saturated carbocycles. The summed E-state index contributed by atoms with van der Waals surface area (Å²) >= 11 is 5.93. The second-order valence-electron chi connectivity index (χ2n) is 5.41. The van der Waals surface area contributed by atoms with Crippen LogP contribution in [0.2, 0.25) is 5.02 Å². The van der Waals surface area contributed by atoms with Crippen LogP contribution in [0.5, 0.6) is 5.75 Å². The number of carbonyl (C=O) groups excluding carboxylic acids is 2. The summed E-state index contributed by atoms with van der Waals surface area (Å²) in [5, 5.41) is 12.1. The van der Waals surface area contributed by atoms with E-state index in [1.807, 2.05) is 6.07 Å². The fraction of sp³-hybridized carbons (Fsp3) is 0.211. The van der Waals surface area contributed by atoms with E-state index in [4.69, 9.17) is 26.3 Å². The first-order valence-corrected chi connectivity index (χ1v) is 8.14. The van der Waals surface area contributed by atoms with Crippen LogP contribution in [-0.4, -0.2) is 25.1 Å². The Morgan fingerprint density at radius 3 is 2.69 bits per heavy atom. The van der Waals surface area contributed by atoms with Gasteiger partial charge in [-0.1, -0.05) is 23.7 Å². The monoisotopic (exact) mass is 372 g/mol. The lowest BCUT2D eigenvalue weighted by Gasteiger charge is -2.15. The molecule has 0 heterocycles. The summed E-state index contributed by atoms with van der Waals surface area (Å²) in [5.74, 6) is -0.618. The number of nitrogens with zero attached hydrogens (tertiary/aromatic N) is 1. The zero-order chi connectivity index (χ0) is 19.1. The third-order valence-electron chi connectivity index (χ3n) is 3.56. The van der Waals surface area contributed by atoms with Gasteiger partial charge in [0.15, 0.2) is 6.10 Å². The third-order valence-corrected chi connectivity index (χ3v) is 3.80. The van der Waals surface area contributed by atoms with Crippen LogP contribution in [0, 0.1) is 11.3 Å². The fourth-order valence-electron chi connectivity index (χ4n) is 2.26. The van der Waals surface area contributed by atoms with Crippen molar-refractivity contribution >= 4 is 29.2 Å². The predicted molar refractivity (Wildman–Crippen MR) is 97.0 cm³/mol. The maximum Gasteiger partial charge on any atom is 0.311 e. The van der Waals surface area contributed by atoms with Crippen molar-refractivity contribution < 1.29 is 19.1 Å². The topological polar surface area (TPSA) is 88.4 Å². The number of anilines is 1. The Morgan fingerprint density at radius 1 is 1.27 bits per heavy atom. The summed E-state index contributed by atoms with van der Waals surface area (Å²) in [5.41, 5.74) is 1.25. The fourth-order valence-corrected chi connectivity index (χ4v) is 2.45. The highest BCUT2D eigenvalue weighted by Crippen LogP contribution is 2.23. The van der Waals surface area contributed by atoms with Gasteiger partial charge in [0.05, 0.1) is 24.8 Å². The van der Waals surface area contributed by atoms with Crippen molar-refractivity contribution in [3.05, 3.63) is 58.6 Å². The molecule has 2 aromatic rings. The minimum Gasteiger partial charge on any atom is -0.496 e. The number of carbonyl (C=O) groups is 2. The lowest BCUT2D eigenvalue weighted by atomic mass is 10.1. The largest absolute Gasteiger partial charge is 0.496 e. The van der Waals surface area contributed by atoms with E-state index < -0.39 is 18.0 Å². The summed E-state index contributed by atoms with van der Waals surface area (Å²) in [6, 6.07) is 13.5. The molecule has 0 bridgehead atoms. The van der Waals surface area contributed by atoms with E-state index in [9.17, 15) is 9.59 Å². The van der Waals surface area contributed by atoms with Gasteiger partial charge in [-0.15, -0.1) is 0 Å². The van der Waals surface area contributed by atoms with Crippen molar-refractivity contribution in [1.29, 1.82) is 5.26 Å². The smallest absolute Gasteiger partial charge is 0.311 e. The molecule has 0 saturated heterocycles. The van der Waals surface area contributed by atoms with Gasteiger partial charge < -0.3 is 14.8 Å². The number of hydrogen-bond donors (Lipinski definition) is 1. The van der Waals surface area contributed by atoms with Gasteiger partial charge in [0, 0.05) is 10.6 Å². The Bertz CT molecular complexity index is 861. The molecular formula is C19H17ClN2O4. The van der Waals surface area contributed by atoms with Crippen LogP contribution in [0.25, 0.3) is 0 Å². The molecule has 2 aromatic carbocycles. The first kappa shape index (κ1) is 19.3. The first-order chi connectivity index (χ1) is 12.4. The number of methoxy groups -OCH3 is 1. The van der Waals surface area contributed by atoms with Gasteiger partial charge in [-0.2, -0.15) is 5.26 Å². The molecule has 0 unspecified atom stereocenters. The highest BCUT2D eigenvalue weighted by Gasteiger charge is 2.20. The Hall–Kier alpha value is -3.04. The van der Waals surface area contributed by atoms with Crippen LogP contribution in [0.1, 0.15) is 18.1 Å². The number of benzene rings is 2. The first-order valence-electron chi connectivity index (χ1n) is 7.76. The van der Waals surface area contributed by atoms with E-state index in [1.165, 1.54) is 14.0 Å². The van der Waals surface area contributed by atoms with Crippen molar-refractivity contribution in [2.24, 2.45) is 0 Å². The third kappa shape index (κ3) is 4.98. The van der Waals surface area contributed by atoms with Gasteiger partial charge in [-0.25, -0.2) is 0 Å². The van der Waals surface area contributed by atoms with Gasteiger partial charge >= 0.3 is 5.97 Å². The molecule has 0 aromatic heterocycles. The number of halogens is 1. The van der Waals surface area contributed by atoms with Crippen molar-refractivity contribution in [3.63, 3.8) is 0 Å². The molecule has 0 aliphatic carbocycles. The van der Waals surface area contributed by atoms with Crippen LogP contribution in [-0.2, 0) is 20.7 Å². The van der Waals surface area contributed by atoms with Gasteiger partial charge in [0.2, 0.25) is 0 Å². The molecule has 1 atom stereocenters. The van der Waals surface area contributed by atoms with E-state index in [0.717, 1.165) is 0 Å². The second-order valence-corrected chi connectivity index (χ2v) is 5.85. The Morgan fingerprint density at radius 2 is 2.00 bits per heavy atom. The van der Waals surface area contributed by atoms with Gasteiger partial charge in [-0.05, 0) is 37.3 Å². The normalized spacial score (nSPS) is 11.2. The van der Waals surface area contributed by atoms with E-state index in [0.29, 0.717) is 27.6 Å². The molecule has 0 aliphatic heterocycles. The van der Waals surface area contributed by atoms with Gasteiger partial charge in [0.1, 0.15) is 11.8 Å². The highest BCUT2D eigenvalue weighted by molar-refractivity contribution is 6.30. The number of nitriles is 1. The van der Waals surface area contributed by atoms with Crippen LogP contribution >= 0.6 is 11.6 Å². The maximum absolute atomic E-state index is 12.2. The minimum atomic E-state index is -1.03. The Balaban J connectivity index is 1.99. The average molecular weight is 373 g/mol. The molecule has 26 heavy (non-hydrogen) atoms. The summed E-state index contributed by atoms with van der Waals surface area (Å²) < 4.78 is 10.4. The molecule has 7 heteroatoms. The summed E-state index contributed by atoms with van der Waals surface area (Å²) in [4.78, 5) is 24.3. The molecule has 0 radical (unpaired) electrons. The standard InChI is InChI=1S/C19H17ClN2O4/c1-12(19(24)22-16-6-4-3-5-13(16)11-21)26-18(23)10-14-9-15(20)7-8-17(14)25-2/h3-9,12H,10H2,1-2H3,(H,22,24)/t12-/m0/s1. The number of amides is 1. The number of nitrogens with one attached hydrogen (secondary N) is 1. The summed E-state index contributed by atoms with van der Waals surface area (Å²) in [7, 11) is 1.49. The van der Waals surface area contributed by atoms with Crippen LogP contribution in [0.3, 0.4) is 0 Å². The molecule has 1 amide bonds. The van der Waals surface area contributed by atoms with Crippen molar-refractivity contribution in [3.8, 4) is 11.8 Å². The highest BCUT2D eigenvalue weighted by atomic mass is 35.5. The predicted octanol–water partition coefficient (Wildman–Crippen LogP) is 3.33. The van der Waals surface area contributed by atoms with E-state index in [1.54, 1.807) is 42.5 Å². The molecule has 2 rings (SSSR count). The van der Waals surface area contributed by atoms with E-state index in [-0.39, 0.29) is 6.42 Å². The quantitative estimate of drug-likeness (QED) is 0.785. The number of hydrogen-bond acceptors (Lipinski definition) is 5. The minimum absolute atomic E-state index is 0.0872. The maximum atomic E-state index is 12.2. The van der Waals surface area contributed by atoms with Gasteiger partial charge in [0.25, 0.3) is 5.91 Å². The molecule has 134 valence electrons. The number of para-hydroxylation sites is 1. The molecule has 0 fully saturated rings. The number of ether oxygens (including phenoxy) is 2. The lowest BCUT2D eigenvalue weighted by Crippen LogP contribution is -2.30. The van der Waals surface area contributed by atoms with Crippen LogP contribution < -0.4 is 10.1 Å². The van der Waals surface area contributed by atoms with Crippen molar-refractivity contribution in [2.45, 2.75) is 19.4 Å². The zero-order valence-electron chi connectivity index (χ0n) is 14.3. The Kier molecular flexibility index (Phi) is 6.59. The Labute approximate surface area is 156 Å². The number of rotatable bonds is 6. The van der Waals surface area contributed by atoms with Gasteiger partial charge in [-0.3, -0.25) is 9.59 Å². The lowest BCUT2D eigenvalue weighted by molar-refractivity contribution is -0.152. The van der Waals surface area contributed by atoms with Crippen LogP contribution in [0.15, 0.2) is 42.5 Å². The molecule has 6 nitrogen and oxygen atoms in total. The molecule has 1 N–H and O–H groups in total. The van der Waals surface area contributed by atoms with E-state index >= 15 is 0 Å². The molecule has 0 aliphatic rings. The summed E-state index contributed by atoms with van der Waals surface area (Å²) in [6.45, 7) is 1.46. The van der Waals surface area contributed by atoms with Crippen LogP contribution in [0.4, 0.5) is 5.69 Å². The van der Waals surface area contributed by atoms with E-state index in [2.05, 4.69) is 5.32 Å². The van der Waals surface area contributed by atoms with Crippen molar-refractivity contribution in [2.75, 3.05) is 12.4 Å². The average Bonchev–Trinajstić information content (AvgIpc) is 2.62. The summed E-state index contributed by atoms with van der Waals surface area (Å²) in [6.07, 6.45) is -1.12. The second kappa shape index (κ2) is 8.88.